The zero-order chi connectivity index (χ0) is 16.6. The van der Waals surface area contributed by atoms with Gasteiger partial charge in [-0.2, -0.15) is 0 Å². The monoisotopic (exact) mass is 327 g/mol. The number of nitrogens with one attached hydrogen (secondary N) is 2. The van der Waals surface area contributed by atoms with Crippen molar-refractivity contribution in [3.63, 3.8) is 0 Å². The standard InChI is InChI=1S/C20H29N3O/c24-20(22-12-11-16-7-3-1-4-8-16)17-13-19(15-21-14-17)23-18-9-5-2-6-10-18/h7,13-15,18,23H,1-6,8-12H2,(H,22,24). The molecule has 130 valence electrons. The van der Waals surface area contributed by atoms with E-state index in [1.807, 2.05) is 12.3 Å². The van der Waals surface area contributed by atoms with E-state index in [0.29, 0.717) is 18.2 Å². The maximum atomic E-state index is 12.3. The van der Waals surface area contributed by atoms with Crippen LogP contribution in [0.15, 0.2) is 30.1 Å². The van der Waals surface area contributed by atoms with Gasteiger partial charge in [-0.1, -0.05) is 30.9 Å². The number of hydrogen-bond donors (Lipinski definition) is 2. The van der Waals surface area contributed by atoms with Crippen LogP contribution in [-0.4, -0.2) is 23.5 Å². The van der Waals surface area contributed by atoms with E-state index >= 15 is 0 Å². The van der Waals surface area contributed by atoms with Gasteiger partial charge >= 0.3 is 0 Å². The summed E-state index contributed by atoms with van der Waals surface area (Å²) in [5, 5.41) is 6.56. The Kier molecular flexibility index (Phi) is 6.27. The van der Waals surface area contributed by atoms with Gasteiger partial charge in [-0.3, -0.25) is 9.78 Å². The number of allylic oxidation sites excluding steroid dienone is 1. The highest BCUT2D eigenvalue weighted by atomic mass is 16.1. The Labute approximate surface area is 145 Å². The second kappa shape index (κ2) is 8.86. The lowest BCUT2D eigenvalue weighted by molar-refractivity contribution is 0.0953. The normalized spacial score (nSPS) is 18.8. The Bertz CT molecular complexity index is 576. The van der Waals surface area contributed by atoms with Crippen molar-refractivity contribution in [2.45, 2.75) is 70.3 Å². The zero-order valence-electron chi connectivity index (χ0n) is 14.5. The summed E-state index contributed by atoms with van der Waals surface area (Å²) < 4.78 is 0. The van der Waals surface area contributed by atoms with E-state index in [-0.39, 0.29) is 5.91 Å². The molecule has 0 unspecified atom stereocenters. The SMILES string of the molecule is O=C(NCCC1=CCCCC1)c1cncc(NC2CCCCC2)c1. The van der Waals surface area contributed by atoms with Gasteiger partial charge in [0.25, 0.3) is 5.91 Å². The van der Waals surface area contributed by atoms with Crippen LogP contribution in [0.25, 0.3) is 0 Å². The first-order valence-electron chi connectivity index (χ1n) is 9.49. The fourth-order valence-corrected chi connectivity index (χ4v) is 3.70. The Morgan fingerprint density at radius 3 is 2.79 bits per heavy atom. The van der Waals surface area contributed by atoms with Gasteiger partial charge in [0, 0.05) is 25.0 Å². The van der Waals surface area contributed by atoms with E-state index in [0.717, 1.165) is 12.1 Å². The molecule has 2 aliphatic rings. The molecule has 1 aromatic rings. The maximum Gasteiger partial charge on any atom is 0.252 e. The van der Waals surface area contributed by atoms with Crippen LogP contribution >= 0.6 is 0 Å². The van der Waals surface area contributed by atoms with Crippen LogP contribution in [0.2, 0.25) is 0 Å². The largest absolute Gasteiger partial charge is 0.381 e. The summed E-state index contributed by atoms with van der Waals surface area (Å²) >= 11 is 0. The first-order chi connectivity index (χ1) is 11.8. The van der Waals surface area contributed by atoms with E-state index in [2.05, 4.69) is 21.7 Å². The Hall–Kier alpha value is -1.84. The van der Waals surface area contributed by atoms with Crippen LogP contribution in [0, 0.1) is 0 Å². The number of carbonyl (C=O) groups is 1. The third-order valence-corrected chi connectivity index (χ3v) is 5.09. The maximum absolute atomic E-state index is 12.3. The molecular weight excluding hydrogens is 298 g/mol. The van der Waals surface area contributed by atoms with Gasteiger partial charge in [0.05, 0.1) is 11.3 Å². The quantitative estimate of drug-likeness (QED) is 0.759. The molecule has 1 saturated carbocycles. The molecule has 3 rings (SSSR count). The molecule has 0 aromatic carbocycles. The molecule has 0 saturated heterocycles. The molecule has 1 fully saturated rings. The number of hydrogen-bond acceptors (Lipinski definition) is 3. The van der Waals surface area contributed by atoms with Crippen LogP contribution in [0.1, 0.15) is 74.6 Å². The lowest BCUT2D eigenvalue weighted by Crippen LogP contribution is -2.26. The topological polar surface area (TPSA) is 54.0 Å². The van der Waals surface area contributed by atoms with E-state index in [9.17, 15) is 4.79 Å². The predicted molar refractivity (Wildman–Crippen MR) is 98.2 cm³/mol. The molecule has 0 bridgehead atoms. The van der Waals surface area contributed by atoms with E-state index in [1.165, 1.54) is 63.4 Å². The summed E-state index contributed by atoms with van der Waals surface area (Å²) in [7, 11) is 0. The molecule has 1 amide bonds. The molecule has 0 radical (unpaired) electrons. The van der Waals surface area contributed by atoms with Crippen molar-refractivity contribution >= 4 is 11.6 Å². The summed E-state index contributed by atoms with van der Waals surface area (Å²) in [6.45, 7) is 0.713. The second-order valence-corrected chi connectivity index (χ2v) is 7.06. The fourth-order valence-electron chi connectivity index (χ4n) is 3.70. The Morgan fingerprint density at radius 1 is 1.12 bits per heavy atom. The molecule has 0 aliphatic heterocycles. The fraction of sp³-hybridized carbons (Fsp3) is 0.600. The average molecular weight is 327 g/mol. The summed E-state index contributed by atoms with van der Waals surface area (Å²) in [6, 6.07) is 2.45. The summed E-state index contributed by atoms with van der Waals surface area (Å²) in [5.41, 5.74) is 3.10. The summed E-state index contributed by atoms with van der Waals surface area (Å²) in [5.74, 6) is -0.0220. The molecule has 1 heterocycles. The van der Waals surface area contributed by atoms with E-state index in [4.69, 9.17) is 0 Å². The van der Waals surface area contributed by atoms with Crippen molar-refractivity contribution in [1.82, 2.24) is 10.3 Å². The number of carbonyl (C=O) groups excluding carboxylic acids is 1. The summed E-state index contributed by atoms with van der Waals surface area (Å²) in [4.78, 5) is 16.6. The molecule has 4 heteroatoms. The third kappa shape index (κ3) is 5.08. The Morgan fingerprint density at radius 2 is 2.00 bits per heavy atom. The minimum absolute atomic E-state index is 0.0220. The molecule has 2 N–H and O–H groups in total. The molecule has 1 aromatic heterocycles. The van der Waals surface area contributed by atoms with Crippen molar-refractivity contribution in [2.75, 3.05) is 11.9 Å². The average Bonchev–Trinajstić information content (AvgIpc) is 2.64. The highest BCUT2D eigenvalue weighted by Crippen LogP contribution is 2.22. The molecular formula is C20H29N3O. The second-order valence-electron chi connectivity index (χ2n) is 7.06. The number of amides is 1. The highest BCUT2D eigenvalue weighted by Gasteiger charge is 2.14. The van der Waals surface area contributed by atoms with Crippen molar-refractivity contribution in [1.29, 1.82) is 0 Å². The van der Waals surface area contributed by atoms with Crippen molar-refractivity contribution in [3.05, 3.63) is 35.7 Å². The van der Waals surface area contributed by atoms with E-state index in [1.54, 1.807) is 6.20 Å². The third-order valence-electron chi connectivity index (χ3n) is 5.09. The van der Waals surface area contributed by atoms with Gasteiger partial charge in [0.2, 0.25) is 0 Å². The van der Waals surface area contributed by atoms with Gasteiger partial charge in [-0.25, -0.2) is 0 Å². The van der Waals surface area contributed by atoms with Gasteiger partial charge < -0.3 is 10.6 Å². The summed E-state index contributed by atoms with van der Waals surface area (Å²) in [6.07, 6.45) is 18.1. The smallest absolute Gasteiger partial charge is 0.252 e. The van der Waals surface area contributed by atoms with E-state index < -0.39 is 0 Å². The van der Waals surface area contributed by atoms with Gasteiger partial charge in [-0.15, -0.1) is 0 Å². The highest BCUT2D eigenvalue weighted by molar-refractivity contribution is 5.94. The van der Waals surface area contributed by atoms with Gasteiger partial charge in [0.1, 0.15) is 0 Å². The first-order valence-corrected chi connectivity index (χ1v) is 9.49. The number of pyridine rings is 1. The predicted octanol–water partition coefficient (Wildman–Crippen LogP) is 4.45. The first kappa shape index (κ1) is 17.0. The number of nitrogens with zero attached hydrogens (tertiary/aromatic N) is 1. The van der Waals surface area contributed by atoms with Crippen LogP contribution in [-0.2, 0) is 0 Å². The van der Waals surface area contributed by atoms with Crippen molar-refractivity contribution in [2.24, 2.45) is 0 Å². The molecule has 2 aliphatic carbocycles. The lowest BCUT2D eigenvalue weighted by Gasteiger charge is -2.23. The number of rotatable bonds is 6. The van der Waals surface area contributed by atoms with Gasteiger partial charge in [0.15, 0.2) is 0 Å². The van der Waals surface area contributed by atoms with Crippen LogP contribution in [0.3, 0.4) is 0 Å². The minimum Gasteiger partial charge on any atom is -0.381 e. The van der Waals surface area contributed by atoms with Crippen LogP contribution in [0.4, 0.5) is 5.69 Å². The molecule has 24 heavy (non-hydrogen) atoms. The molecule has 0 atom stereocenters. The molecule has 0 spiro atoms. The lowest BCUT2D eigenvalue weighted by atomic mass is 9.95. The van der Waals surface area contributed by atoms with Crippen molar-refractivity contribution < 1.29 is 4.79 Å². The van der Waals surface area contributed by atoms with Crippen LogP contribution < -0.4 is 10.6 Å². The zero-order valence-corrected chi connectivity index (χ0v) is 14.5. The van der Waals surface area contributed by atoms with Crippen LogP contribution in [0.5, 0.6) is 0 Å². The number of anilines is 1. The van der Waals surface area contributed by atoms with Gasteiger partial charge in [-0.05, 0) is 51.0 Å². The molecule has 4 nitrogen and oxygen atoms in total. The van der Waals surface area contributed by atoms with Crippen molar-refractivity contribution in [3.8, 4) is 0 Å². The Balaban J connectivity index is 1.49. The minimum atomic E-state index is -0.0220. The number of aromatic nitrogens is 1.